The van der Waals surface area contributed by atoms with Gasteiger partial charge in [0, 0.05) is 24.9 Å². The van der Waals surface area contributed by atoms with E-state index >= 15 is 0 Å². The van der Waals surface area contributed by atoms with Gasteiger partial charge in [-0.15, -0.1) is 0 Å². The molecule has 0 N–H and O–H groups in total. The van der Waals surface area contributed by atoms with Crippen molar-refractivity contribution in [3.8, 4) is 11.5 Å². The van der Waals surface area contributed by atoms with Crippen molar-refractivity contribution < 1.29 is 23.8 Å². The average Bonchev–Trinajstić information content (AvgIpc) is 3.28. The molecule has 166 valence electrons. The lowest BCUT2D eigenvalue weighted by atomic mass is 9.85. The maximum atomic E-state index is 12.7. The van der Waals surface area contributed by atoms with Crippen molar-refractivity contribution in [1.82, 2.24) is 4.90 Å². The number of amides is 2. The van der Waals surface area contributed by atoms with Crippen LogP contribution in [0.2, 0.25) is 0 Å². The quantitative estimate of drug-likeness (QED) is 0.706. The van der Waals surface area contributed by atoms with E-state index in [4.69, 9.17) is 14.2 Å². The fourth-order valence-corrected chi connectivity index (χ4v) is 4.19. The molecule has 3 aliphatic rings. The van der Waals surface area contributed by atoms with Crippen LogP contribution in [0.15, 0.2) is 77.0 Å². The molecule has 2 aromatic carbocycles. The summed E-state index contributed by atoms with van der Waals surface area (Å²) in [5.74, 6) is 1.27. The molecule has 2 amide bonds. The Kier molecular flexibility index (Phi) is 5.30. The van der Waals surface area contributed by atoms with Crippen LogP contribution in [-0.4, -0.2) is 37.3 Å². The number of carbonyl (C=O) groups excluding carboxylic acids is 2. The molecule has 2 heterocycles. The van der Waals surface area contributed by atoms with Crippen LogP contribution >= 0.6 is 0 Å². The van der Waals surface area contributed by atoms with Gasteiger partial charge in [0.2, 0.25) is 0 Å². The first kappa shape index (κ1) is 20.8. The molecular weight excluding hydrogens is 420 g/mol. The summed E-state index contributed by atoms with van der Waals surface area (Å²) in [7, 11) is 3.21. The number of rotatable bonds is 4. The molecule has 0 aromatic heterocycles. The minimum Gasteiger partial charge on any atom is -0.497 e. The van der Waals surface area contributed by atoms with Crippen molar-refractivity contribution in [2.45, 2.75) is 13.1 Å². The first-order valence-electron chi connectivity index (χ1n) is 10.5. The number of carbonyl (C=O) groups is 2. The lowest BCUT2D eigenvalue weighted by Crippen LogP contribution is -2.28. The number of hydrogen-bond donors (Lipinski definition) is 0. The van der Waals surface area contributed by atoms with Crippen LogP contribution in [0.3, 0.4) is 0 Å². The van der Waals surface area contributed by atoms with E-state index in [9.17, 15) is 9.59 Å². The summed E-state index contributed by atoms with van der Waals surface area (Å²) in [5, 5.41) is 0. The molecule has 7 nitrogen and oxygen atoms in total. The highest BCUT2D eigenvalue weighted by molar-refractivity contribution is 6.19. The molecule has 33 heavy (non-hydrogen) atoms. The van der Waals surface area contributed by atoms with E-state index in [0.29, 0.717) is 24.6 Å². The molecule has 0 saturated heterocycles. The van der Waals surface area contributed by atoms with Gasteiger partial charge in [-0.25, -0.2) is 9.79 Å². The normalized spacial score (nSPS) is 18.6. The maximum absolute atomic E-state index is 12.7. The Morgan fingerprint density at radius 1 is 1.00 bits per heavy atom. The molecular formula is C26H22N2O5. The summed E-state index contributed by atoms with van der Waals surface area (Å²) < 4.78 is 16.2. The number of benzene rings is 2. The minimum atomic E-state index is -0.420. The zero-order valence-electron chi connectivity index (χ0n) is 18.3. The average molecular weight is 442 g/mol. The highest BCUT2D eigenvalue weighted by Crippen LogP contribution is 2.34. The van der Waals surface area contributed by atoms with Crippen molar-refractivity contribution in [3.63, 3.8) is 0 Å². The Labute approximate surface area is 191 Å². The largest absolute Gasteiger partial charge is 0.497 e. The Balaban J connectivity index is 1.32. The number of hydrogen-bond acceptors (Lipinski definition) is 5. The maximum Gasteiger partial charge on any atom is 0.415 e. The second-order valence-corrected chi connectivity index (χ2v) is 7.94. The van der Waals surface area contributed by atoms with Crippen molar-refractivity contribution >= 4 is 23.8 Å². The first-order valence-corrected chi connectivity index (χ1v) is 10.5. The van der Waals surface area contributed by atoms with E-state index < -0.39 is 12.0 Å². The van der Waals surface area contributed by atoms with Gasteiger partial charge in [-0.2, -0.15) is 0 Å². The second-order valence-electron chi connectivity index (χ2n) is 7.94. The smallest absolute Gasteiger partial charge is 0.415 e. The monoisotopic (exact) mass is 442 g/mol. The topological polar surface area (TPSA) is 77.4 Å². The van der Waals surface area contributed by atoms with Gasteiger partial charge in [0.1, 0.15) is 17.3 Å². The van der Waals surface area contributed by atoms with Crippen LogP contribution in [0, 0.1) is 5.92 Å². The number of dihydropyridines is 1. The minimum absolute atomic E-state index is 0.203. The molecule has 0 spiro atoms. The highest BCUT2D eigenvalue weighted by atomic mass is 16.6. The Morgan fingerprint density at radius 3 is 2.52 bits per heavy atom. The van der Waals surface area contributed by atoms with Crippen molar-refractivity contribution in [2.75, 3.05) is 14.2 Å². The summed E-state index contributed by atoms with van der Waals surface area (Å²) in [6, 6.07) is 13.0. The zero-order valence-corrected chi connectivity index (χ0v) is 18.3. The van der Waals surface area contributed by atoms with Crippen molar-refractivity contribution in [1.29, 1.82) is 0 Å². The Bertz CT molecular complexity index is 1250. The molecule has 0 saturated carbocycles. The van der Waals surface area contributed by atoms with Crippen molar-refractivity contribution in [2.24, 2.45) is 10.9 Å². The van der Waals surface area contributed by atoms with E-state index in [1.54, 1.807) is 49.6 Å². The molecule has 5 rings (SSSR count). The molecule has 0 bridgehead atoms. The predicted octanol–water partition coefficient (Wildman–Crippen LogP) is 4.29. The predicted molar refractivity (Wildman–Crippen MR) is 123 cm³/mol. The van der Waals surface area contributed by atoms with Gasteiger partial charge in [0.25, 0.3) is 5.91 Å². The fourth-order valence-electron chi connectivity index (χ4n) is 4.19. The van der Waals surface area contributed by atoms with Crippen LogP contribution in [0.25, 0.3) is 5.57 Å². The Morgan fingerprint density at radius 2 is 1.76 bits per heavy atom. The SMILES string of the molecule is COC1=CC2=C(c3ccc(OC(=O)N4Cc5ccc(OC)cc5C4)cc3)C=NC(=O)C2C=C1. The third kappa shape index (κ3) is 3.93. The summed E-state index contributed by atoms with van der Waals surface area (Å²) in [5.41, 5.74) is 4.68. The standard InChI is InChI=1S/C26H22N2O5/c1-31-20-8-5-17-14-28(15-18(17)11-20)26(30)33-19-6-3-16(4-7-19)24-13-27-25(29)22-10-9-21(32-2)12-23(22)24/h3-13,22H,14-15H2,1-2H3. The molecule has 2 aromatic rings. The van der Waals surface area contributed by atoms with Crippen molar-refractivity contribution in [3.05, 3.63) is 88.7 Å². The number of methoxy groups -OCH3 is 2. The molecule has 1 unspecified atom stereocenters. The molecule has 7 heteroatoms. The van der Waals surface area contributed by atoms with E-state index in [-0.39, 0.29) is 5.91 Å². The van der Waals surface area contributed by atoms with Gasteiger partial charge in [-0.1, -0.05) is 24.3 Å². The van der Waals surface area contributed by atoms with Gasteiger partial charge in [-0.05, 0) is 58.7 Å². The lowest BCUT2D eigenvalue weighted by Gasteiger charge is -2.22. The van der Waals surface area contributed by atoms with Gasteiger partial charge < -0.3 is 14.2 Å². The molecule has 1 aliphatic carbocycles. The Hall–Kier alpha value is -4.13. The molecule has 1 atom stereocenters. The van der Waals surface area contributed by atoms with Crippen LogP contribution < -0.4 is 9.47 Å². The van der Waals surface area contributed by atoms with Crippen LogP contribution in [0.5, 0.6) is 11.5 Å². The lowest BCUT2D eigenvalue weighted by molar-refractivity contribution is -0.119. The first-order chi connectivity index (χ1) is 16.1. The second kappa shape index (κ2) is 8.43. The van der Waals surface area contributed by atoms with E-state index in [0.717, 1.165) is 33.6 Å². The highest BCUT2D eigenvalue weighted by Gasteiger charge is 2.28. The molecule has 0 fully saturated rings. The van der Waals surface area contributed by atoms with Crippen LogP contribution in [0.1, 0.15) is 16.7 Å². The van der Waals surface area contributed by atoms with Gasteiger partial charge in [-0.3, -0.25) is 9.69 Å². The fraction of sp³-hybridized carbons (Fsp3) is 0.192. The number of fused-ring (bicyclic) bond motifs is 2. The third-order valence-corrected chi connectivity index (χ3v) is 5.98. The summed E-state index contributed by atoms with van der Waals surface area (Å²) >= 11 is 0. The summed E-state index contributed by atoms with van der Waals surface area (Å²) in [6.07, 6.45) is 6.60. The third-order valence-electron chi connectivity index (χ3n) is 5.98. The molecule has 0 radical (unpaired) electrons. The summed E-state index contributed by atoms with van der Waals surface area (Å²) in [4.78, 5) is 30.6. The number of aliphatic imine (C=N–C) groups is 1. The van der Waals surface area contributed by atoms with Gasteiger partial charge >= 0.3 is 6.09 Å². The number of nitrogens with zero attached hydrogens (tertiary/aromatic N) is 2. The van der Waals surface area contributed by atoms with E-state index in [1.807, 2.05) is 36.4 Å². The van der Waals surface area contributed by atoms with Crippen LogP contribution in [-0.2, 0) is 22.6 Å². The van der Waals surface area contributed by atoms with E-state index in [1.165, 1.54) is 0 Å². The van der Waals surface area contributed by atoms with Crippen LogP contribution in [0.4, 0.5) is 4.79 Å². The van der Waals surface area contributed by atoms with E-state index in [2.05, 4.69) is 4.99 Å². The summed E-state index contributed by atoms with van der Waals surface area (Å²) in [6.45, 7) is 0.979. The zero-order chi connectivity index (χ0) is 22.9. The molecule has 2 aliphatic heterocycles. The number of allylic oxidation sites excluding steroid dienone is 3. The number of ether oxygens (including phenoxy) is 3. The van der Waals surface area contributed by atoms with Gasteiger partial charge in [0.15, 0.2) is 0 Å². The van der Waals surface area contributed by atoms with Gasteiger partial charge in [0.05, 0.1) is 20.1 Å².